The van der Waals surface area contributed by atoms with Crippen molar-refractivity contribution in [2.24, 2.45) is 0 Å². The molecule has 0 fully saturated rings. The van der Waals surface area contributed by atoms with Gasteiger partial charge in [0.05, 0.1) is 7.11 Å². The maximum absolute atomic E-state index is 6.07. The minimum absolute atomic E-state index is 0.246. The van der Waals surface area contributed by atoms with Crippen LogP contribution in [0, 0.1) is 0 Å². The third kappa shape index (κ3) is 4.67. The Kier molecular flexibility index (Phi) is 5.79. The van der Waals surface area contributed by atoms with Crippen molar-refractivity contribution in [2.45, 2.75) is 18.2 Å². The van der Waals surface area contributed by atoms with Crippen LogP contribution in [0.15, 0.2) is 59.8 Å². The van der Waals surface area contributed by atoms with Gasteiger partial charge in [0, 0.05) is 11.8 Å². The predicted octanol–water partition coefficient (Wildman–Crippen LogP) is 2.91. The van der Waals surface area contributed by atoms with E-state index in [1.165, 1.54) is 10.2 Å². The van der Waals surface area contributed by atoms with Crippen molar-refractivity contribution in [3.05, 3.63) is 66.0 Å². The summed E-state index contributed by atoms with van der Waals surface area (Å²) in [5.41, 5.74) is 1.29. The van der Waals surface area contributed by atoms with Crippen molar-refractivity contribution >= 4 is 11.8 Å². The molecule has 0 radical (unpaired) electrons. The number of aryl methyl sites for hydroxylation is 1. The Balaban J connectivity index is 1.53. The summed E-state index contributed by atoms with van der Waals surface area (Å²) in [6.07, 6.45) is 0.952. The molecule has 3 aromatic rings. The van der Waals surface area contributed by atoms with E-state index < -0.39 is 0 Å². The second-order valence-electron chi connectivity index (χ2n) is 5.32. The highest BCUT2D eigenvalue weighted by atomic mass is 32.2. The Bertz CT molecular complexity index is 808. The number of thioether (sulfide) groups is 1. The van der Waals surface area contributed by atoms with Crippen LogP contribution in [0.1, 0.15) is 11.4 Å². The molecule has 0 bridgehead atoms. The fourth-order valence-electron chi connectivity index (χ4n) is 2.25. The second-order valence-corrected chi connectivity index (χ2v) is 6.38. The van der Waals surface area contributed by atoms with E-state index in [0.29, 0.717) is 16.7 Å². The number of rotatable bonds is 8. The molecule has 130 valence electrons. The van der Waals surface area contributed by atoms with Crippen LogP contribution >= 0.6 is 11.8 Å². The van der Waals surface area contributed by atoms with Crippen LogP contribution in [-0.2, 0) is 13.0 Å². The minimum atomic E-state index is 0.246. The van der Waals surface area contributed by atoms with E-state index in [4.69, 9.17) is 15.3 Å². The summed E-state index contributed by atoms with van der Waals surface area (Å²) < 4.78 is 12.4. The van der Waals surface area contributed by atoms with Gasteiger partial charge in [-0.3, -0.25) is 0 Å². The molecule has 0 aliphatic heterocycles. The molecular weight excluding hydrogens is 336 g/mol. The maximum Gasteiger partial charge on any atom is 0.209 e. The van der Waals surface area contributed by atoms with Gasteiger partial charge < -0.3 is 15.3 Å². The number of methoxy groups -OCH3 is 1. The number of hydrogen-bond acceptors (Lipinski definition) is 6. The van der Waals surface area contributed by atoms with E-state index in [2.05, 4.69) is 22.3 Å². The van der Waals surface area contributed by atoms with E-state index in [1.54, 1.807) is 18.9 Å². The van der Waals surface area contributed by atoms with Crippen molar-refractivity contribution in [3.63, 3.8) is 0 Å². The fraction of sp³-hybridized carbons (Fsp3) is 0.222. The quantitative estimate of drug-likeness (QED) is 0.494. The van der Waals surface area contributed by atoms with Gasteiger partial charge in [-0.05, 0) is 24.1 Å². The molecule has 3 rings (SSSR count). The SMILES string of the molecule is COc1cccc(OCc2nnc(SCCc3ccccc3)n2N)c1. The Hall–Kier alpha value is -2.67. The molecule has 7 heteroatoms. The monoisotopic (exact) mass is 356 g/mol. The van der Waals surface area contributed by atoms with Gasteiger partial charge in [0.1, 0.15) is 18.1 Å². The van der Waals surface area contributed by atoms with Gasteiger partial charge >= 0.3 is 0 Å². The number of nitrogens with two attached hydrogens (primary N) is 1. The summed E-state index contributed by atoms with van der Waals surface area (Å²) in [6, 6.07) is 17.7. The topological polar surface area (TPSA) is 75.2 Å². The molecule has 2 N–H and O–H groups in total. The number of benzene rings is 2. The lowest BCUT2D eigenvalue weighted by atomic mass is 10.2. The standard InChI is InChI=1S/C18H20N4O2S/c1-23-15-8-5-9-16(12-15)24-13-17-20-21-18(22(17)19)25-11-10-14-6-3-2-4-7-14/h2-9,12H,10-11,13,19H2,1H3. The van der Waals surface area contributed by atoms with E-state index in [1.807, 2.05) is 42.5 Å². The van der Waals surface area contributed by atoms with Gasteiger partial charge in [-0.2, -0.15) is 0 Å². The second kappa shape index (κ2) is 8.43. The fourth-order valence-corrected chi connectivity index (χ4v) is 3.11. The van der Waals surface area contributed by atoms with Crippen LogP contribution in [0.4, 0.5) is 0 Å². The molecule has 6 nitrogen and oxygen atoms in total. The predicted molar refractivity (Wildman–Crippen MR) is 98.4 cm³/mol. The van der Waals surface area contributed by atoms with Crippen molar-refractivity contribution in [1.29, 1.82) is 0 Å². The molecule has 2 aromatic carbocycles. The molecule has 0 saturated carbocycles. The molecule has 0 saturated heterocycles. The largest absolute Gasteiger partial charge is 0.497 e. The molecule has 0 unspecified atom stereocenters. The van der Waals surface area contributed by atoms with Crippen molar-refractivity contribution in [1.82, 2.24) is 14.9 Å². The first-order valence-corrected chi connectivity index (χ1v) is 8.88. The average molecular weight is 356 g/mol. The van der Waals surface area contributed by atoms with Gasteiger partial charge in [-0.25, -0.2) is 4.68 Å². The summed E-state index contributed by atoms with van der Waals surface area (Å²) in [7, 11) is 1.62. The van der Waals surface area contributed by atoms with Gasteiger partial charge in [0.2, 0.25) is 5.16 Å². The Morgan fingerprint density at radius 3 is 2.64 bits per heavy atom. The van der Waals surface area contributed by atoms with Crippen LogP contribution in [0.25, 0.3) is 0 Å². The summed E-state index contributed by atoms with van der Waals surface area (Å²) in [4.78, 5) is 0. The van der Waals surface area contributed by atoms with Crippen LogP contribution in [0.2, 0.25) is 0 Å². The zero-order valence-electron chi connectivity index (χ0n) is 14.0. The zero-order chi connectivity index (χ0) is 17.5. The molecule has 0 aliphatic rings. The van der Waals surface area contributed by atoms with Crippen LogP contribution in [0.5, 0.6) is 11.5 Å². The lowest BCUT2D eigenvalue weighted by Gasteiger charge is -2.07. The first kappa shape index (κ1) is 17.2. The first-order chi connectivity index (χ1) is 12.3. The Morgan fingerprint density at radius 2 is 1.84 bits per heavy atom. The van der Waals surface area contributed by atoms with E-state index in [9.17, 15) is 0 Å². The minimum Gasteiger partial charge on any atom is -0.497 e. The molecule has 0 amide bonds. The summed E-state index contributed by atoms with van der Waals surface area (Å²) in [5.74, 6) is 8.96. The molecule has 0 aliphatic carbocycles. The third-order valence-electron chi connectivity index (χ3n) is 3.61. The summed E-state index contributed by atoms with van der Waals surface area (Å²) >= 11 is 1.58. The maximum atomic E-state index is 6.07. The van der Waals surface area contributed by atoms with Crippen LogP contribution in [-0.4, -0.2) is 27.7 Å². The van der Waals surface area contributed by atoms with Gasteiger partial charge in [-0.1, -0.05) is 48.2 Å². The van der Waals surface area contributed by atoms with E-state index in [-0.39, 0.29) is 6.61 Å². The third-order valence-corrected chi connectivity index (χ3v) is 4.55. The lowest BCUT2D eigenvalue weighted by molar-refractivity contribution is 0.289. The molecule has 1 heterocycles. The highest BCUT2D eigenvalue weighted by Crippen LogP contribution is 2.21. The highest BCUT2D eigenvalue weighted by molar-refractivity contribution is 7.99. The van der Waals surface area contributed by atoms with Gasteiger partial charge in [-0.15, -0.1) is 10.2 Å². The lowest BCUT2D eigenvalue weighted by Crippen LogP contribution is -2.16. The van der Waals surface area contributed by atoms with Crippen molar-refractivity contribution < 1.29 is 9.47 Å². The van der Waals surface area contributed by atoms with Crippen LogP contribution < -0.4 is 15.3 Å². The molecular formula is C18H20N4O2S. The van der Waals surface area contributed by atoms with E-state index in [0.717, 1.165) is 17.9 Å². The molecule has 0 atom stereocenters. The Labute approximate surface area is 150 Å². The molecule has 25 heavy (non-hydrogen) atoms. The molecule has 1 aromatic heterocycles. The van der Waals surface area contributed by atoms with Crippen LogP contribution in [0.3, 0.4) is 0 Å². The van der Waals surface area contributed by atoms with Gasteiger partial charge in [0.25, 0.3) is 0 Å². The smallest absolute Gasteiger partial charge is 0.209 e. The number of nitrogen functional groups attached to an aromatic ring is 1. The van der Waals surface area contributed by atoms with E-state index >= 15 is 0 Å². The summed E-state index contributed by atoms with van der Waals surface area (Å²) in [5, 5.41) is 8.93. The number of nitrogens with zero attached hydrogens (tertiary/aromatic N) is 3. The van der Waals surface area contributed by atoms with Gasteiger partial charge in [0.15, 0.2) is 5.82 Å². The molecule has 0 spiro atoms. The number of hydrogen-bond donors (Lipinski definition) is 1. The van der Waals surface area contributed by atoms with Crippen molar-refractivity contribution in [2.75, 3.05) is 18.7 Å². The number of ether oxygens (including phenoxy) is 2. The summed E-state index contributed by atoms with van der Waals surface area (Å²) in [6.45, 7) is 0.246. The average Bonchev–Trinajstić information content (AvgIpc) is 3.01. The zero-order valence-corrected chi connectivity index (χ0v) is 14.8. The highest BCUT2D eigenvalue weighted by Gasteiger charge is 2.11. The Morgan fingerprint density at radius 1 is 1.04 bits per heavy atom. The normalized spacial score (nSPS) is 10.6. The van der Waals surface area contributed by atoms with Crippen molar-refractivity contribution in [3.8, 4) is 11.5 Å². The first-order valence-electron chi connectivity index (χ1n) is 7.89. The number of aromatic nitrogens is 3.